The fourth-order valence-electron chi connectivity index (χ4n) is 6.60. The van der Waals surface area contributed by atoms with Crippen LogP contribution in [0.15, 0.2) is 72.9 Å². The molecule has 12 heteroatoms. The second-order valence-electron chi connectivity index (χ2n) is 14.7. The molecule has 1 aromatic heterocycles. The first-order valence-corrected chi connectivity index (χ1v) is 18.3. The monoisotopic (exact) mass is 744 g/mol. The van der Waals surface area contributed by atoms with Crippen LogP contribution in [-0.4, -0.2) is 86.2 Å². The van der Waals surface area contributed by atoms with Crippen LogP contribution in [0.3, 0.4) is 0 Å². The van der Waals surface area contributed by atoms with E-state index >= 15 is 0 Å². The van der Waals surface area contributed by atoms with Gasteiger partial charge in [0, 0.05) is 55.3 Å². The van der Waals surface area contributed by atoms with Gasteiger partial charge in [-0.3, -0.25) is 19.3 Å². The number of carbonyl (C=O) groups is 3. The number of carbonyl (C=O) groups excluding carboxylic acids is 3. The summed E-state index contributed by atoms with van der Waals surface area (Å²) in [5, 5.41) is 6.81. The van der Waals surface area contributed by atoms with Gasteiger partial charge in [0.1, 0.15) is 11.6 Å². The minimum absolute atomic E-state index is 0.163. The summed E-state index contributed by atoms with van der Waals surface area (Å²) >= 11 is 0. The molecule has 4 N–H and O–H groups in total. The highest BCUT2D eigenvalue weighted by Crippen LogP contribution is 2.36. The first kappa shape index (κ1) is 38.9. The predicted octanol–water partition coefficient (Wildman–Crippen LogP) is 5.92. The molecule has 1 fully saturated rings. The van der Waals surface area contributed by atoms with E-state index in [1.54, 1.807) is 31.5 Å². The Balaban J connectivity index is 1.19. The molecule has 12 nitrogen and oxygen atoms in total. The van der Waals surface area contributed by atoms with Gasteiger partial charge in [-0.1, -0.05) is 32.9 Å². The van der Waals surface area contributed by atoms with Crippen LogP contribution < -0.4 is 25.8 Å². The van der Waals surface area contributed by atoms with Gasteiger partial charge >= 0.3 is 0 Å². The van der Waals surface area contributed by atoms with Crippen molar-refractivity contribution in [1.29, 1.82) is 0 Å². The number of morpholine rings is 1. The summed E-state index contributed by atoms with van der Waals surface area (Å²) < 4.78 is 16.5. The topological polar surface area (TPSA) is 158 Å². The summed E-state index contributed by atoms with van der Waals surface area (Å²) in [6.45, 7) is 12.5. The summed E-state index contributed by atoms with van der Waals surface area (Å²) in [5.41, 5.74) is 12.1. The Morgan fingerprint density at radius 1 is 0.909 bits per heavy atom. The van der Waals surface area contributed by atoms with Crippen LogP contribution >= 0.6 is 0 Å². The van der Waals surface area contributed by atoms with Gasteiger partial charge in [0.05, 0.1) is 44.2 Å². The van der Waals surface area contributed by atoms with Crippen LogP contribution in [0.2, 0.25) is 0 Å². The third-order valence-electron chi connectivity index (χ3n) is 9.76. The Hall–Kier alpha value is -5.85. The van der Waals surface area contributed by atoms with E-state index in [1.165, 1.54) is 7.11 Å². The van der Waals surface area contributed by atoms with Gasteiger partial charge in [0.25, 0.3) is 17.7 Å². The number of rotatable bonds is 12. The first-order chi connectivity index (χ1) is 26.3. The zero-order valence-electron chi connectivity index (χ0n) is 32.2. The molecular formula is C43H48N6O6. The number of amides is 3. The molecule has 0 unspecified atom stereocenters. The maximum atomic E-state index is 13.7. The van der Waals surface area contributed by atoms with Crippen molar-refractivity contribution < 1.29 is 28.6 Å². The van der Waals surface area contributed by atoms with Gasteiger partial charge in [-0.15, -0.1) is 0 Å². The van der Waals surface area contributed by atoms with Gasteiger partial charge in [-0.25, -0.2) is 9.97 Å². The van der Waals surface area contributed by atoms with E-state index in [0.29, 0.717) is 54.6 Å². The van der Waals surface area contributed by atoms with Crippen molar-refractivity contribution in [3.63, 3.8) is 0 Å². The Morgan fingerprint density at radius 3 is 2.40 bits per heavy atom. The number of aromatic nitrogens is 2. The standard InChI is InChI=1S/C43H48N6O6/c1-26-7-8-29(42(52)48-37-24-32(43(2,3)4)23-35(40(44)50)39(37)54-6)22-34(26)28-9-10-36-31(20-28)25-46-38(47-36)19-27-17-30(21-33(18-27)53-5)41(51)45-11-12-49-13-15-55-16-14-49/h7-10,17-18,20-25H,11-16,19H2,1-6H3,(H2,44,50)(H,45,51)(H,48,52). The maximum Gasteiger partial charge on any atom is 0.255 e. The molecule has 1 saturated heterocycles. The van der Waals surface area contributed by atoms with Crippen molar-refractivity contribution in [3.05, 3.63) is 112 Å². The molecule has 1 aliphatic heterocycles. The van der Waals surface area contributed by atoms with Gasteiger partial charge in [0.15, 0.2) is 5.75 Å². The van der Waals surface area contributed by atoms with E-state index in [1.807, 2.05) is 76.2 Å². The van der Waals surface area contributed by atoms with Gasteiger partial charge in [-0.2, -0.15) is 0 Å². The number of primary amides is 1. The van der Waals surface area contributed by atoms with E-state index in [2.05, 4.69) is 20.5 Å². The summed E-state index contributed by atoms with van der Waals surface area (Å²) in [6.07, 6.45) is 2.20. The third-order valence-corrected chi connectivity index (χ3v) is 9.76. The molecule has 6 rings (SSSR count). The molecule has 0 aliphatic carbocycles. The van der Waals surface area contributed by atoms with Crippen LogP contribution in [0, 0.1) is 6.92 Å². The van der Waals surface area contributed by atoms with Crippen molar-refractivity contribution in [2.75, 3.05) is 58.9 Å². The number of nitrogens with two attached hydrogens (primary N) is 1. The Bertz CT molecular complexity index is 2240. The molecule has 1 aliphatic rings. The summed E-state index contributed by atoms with van der Waals surface area (Å²) in [7, 11) is 3.02. The molecule has 0 spiro atoms. The number of anilines is 1. The molecule has 0 bridgehead atoms. The maximum absolute atomic E-state index is 13.7. The Labute approximate surface area is 321 Å². The highest BCUT2D eigenvalue weighted by Gasteiger charge is 2.23. The number of methoxy groups -OCH3 is 2. The largest absolute Gasteiger partial charge is 0.497 e. The molecule has 0 atom stereocenters. The lowest BCUT2D eigenvalue weighted by Crippen LogP contribution is -2.41. The van der Waals surface area contributed by atoms with E-state index in [-0.39, 0.29) is 28.5 Å². The van der Waals surface area contributed by atoms with Gasteiger partial charge < -0.3 is 30.6 Å². The molecule has 4 aromatic carbocycles. The number of nitrogens with zero attached hydrogens (tertiary/aromatic N) is 3. The summed E-state index contributed by atoms with van der Waals surface area (Å²) in [4.78, 5) is 50.9. The number of benzene rings is 4. The van der Waals surface area contributed by atoms with E-state index < -0.39 is 5.91 Å². The number of hydrogen-bond acceptors (Lipinski definition) is 9. The average molecular weight is 745 g/mol. The number of hydrogen-bond donors (Lipinski definition) is 3. The minimum Gasteiger partial charge on any atom is -0.497 e. The van der Waals surface area contributed by atoms with Crippen molar-refractivity contribution in [3.8, 4) is 22.6 Å². The predicted molar refractivity (Wildman–Crippen MR) is 213 cm³/mol. The number of ether oxygens (including phenoxy) is 3. The summed E-state index contributed by atoms with van der Waals surface area (Å²) in [5.74, 6) is 0.230. The molecule has 0 radical (unpaired) electrons. The minimum atomic E-state index is -0.645. The van der Waals surface area contributed by atoms with Crippen molar-refractivity contribution in [2.45, 2.75) is 39.5 Å². The van der Waals surface area contributed by atoms with Crippen molar-refractivity contribution in [1.82, 2.24) is 20.2 Å². The van der Waals surface area contributed by atoms with Gasteiger partial charge in [-0.05, 0) is 94.8 Å². The van der Waals surface area contributed by atoms with Crippen LogP contribution in [0.1, 0.15) is 74.4 Å². The fourth-order valence-corrected chi connectivity index (χ4v) is 6.60. The number of fused-ring (bicyclic) bond motifs is 1. The molecule has 3 amide bonds. The molecule has 5 aromatic rings. The molecule has 286 valence electrons. The molecule has 2 heterocycles. The lowest BCUT2D eigenvalue weighted by Gasteiger charge is -2.26. The smallest absolute Gasteiger partial charge is 0.255 e. The van der Waals surface area contributed by atoms with Crippen LogP contribution in [0.25, 0.3) is 22.0 Å². The SMILES string of the molecule is COc1cc(Cc2ncc3cc(-c4cc(C(=O)Nc5cc(C(C)(C)C)cc(C(N)=O)c5OC)ccc4C)ccc3n2)cc(C(=O)NCCN2CCOCC2)c1. The molecule has 55 heavy (non-hydrogen) atoms. The van der Waals surface area contributed by atoms with E-state index in [9.17, 15) is 14.4 Å². The quantitative estimate of drug-likeness (QED) is 0.141. The summed E-state index contributed by atoms with van der Waals surface area (Å²) in [6, 6.07) is 20.4. The zero-order chi connectivity index (χ0) is 39.3. The average Bonchev–Trinajstić information content (AvgIpc) is 3.17. The van der Waals surface area contributed by atoms with E-state index in [4.69, 9.17) is 24.9 Å². The molecular weight excluding hydrogens is 697 g/mol. The fraction of sp³-hybridized carbons (Fsp3) is 0.326. The third kappa shape index (κ3) is 9.28. The van der Waals surface area contributed by atoms with Crippen LogP contribution in [0.4, 0.5) is 5.69 Å². The van der Waals surface area contributed by atoms with Crippen molar-refractivity contribution in [2.24, 2.45) is 5.73 Å². The van der Waals surface area contributed by atoms with Crippen LogP contribution in [0.5, 0.6) is 11.5 Å². The van der Waals surface area contributed by atoms with Crippen LogP contribution in [-0.2, 0) is 16.6 Å². The zero-order valence-corrected chi connectivity index (χ0v) is 32.2. The highest BCUT2D eigenvalue weighted by atomic mass is 16.5. The molecule has 0 saturated carbocycles. The highest BCUT2D eigenvalue weighted by molar-refractivity contribution is 6.08. The van der Waals surface area contributed by atoms with Crippen molar-refractivity contribution >= 4 is 34.3 Å². The number of nitrogens with one attached hydrogen (secondary N) is 2. The first-order valence-electron chi connectivity index (χ1n) is 18.3. The lowest BCUT2D eigenvalue weighted by atomic mass is 9.85. The van der Waals surface area contributed by atoms with E-state index in [0.717, 1.165) is 58.4 Å². The number of aryl methyl sites for hydroxylation is 1. The second kappa shape index (κ2) is 16.7. The normalized spacial score (nSPS) is 13.3. The Kier molecular flexibility index (Phi) is 11.8. The Morgan fingerprint density at radius 2 is 1.69 bits per heavy atom. The second-order valence-corrected chi connectivity index (χ2v) is 14.7. The lowest BCUT2D eigenvalue weighted by molar-refractivity contribution is 0.0383. The van der Waals surface area contributed by atoms with Gasteiger partial charge in [0.2, 0.25) is 0 Å².